The average Bonchev–Trinajstić information content (AvgIpc) is 3.41. The van der Waals surface area contributed by atoms with Crippen molar-refractivity contribution in [2.24, 2.45) is 5.10 Å². The molecular formula is C22H17FN4O5S. The Morgan fingerprint density at radius 1 is 1.24 bits per heavy atom. The van der Waals surface area contributed by atoms with Crippen molar-refractivity contribution in [1.29, 1.82) is 0 Å². The van der Waals surface area contributed by atoms with Gasteiger partial charge in [-0.3, -0.25) is 14.9 Å². The summed E-state index contributed by atoms with van der Waals surface area (Å²) in [4.78, 5) is 27.8. The molecule has 11 heteroatoms. The fourth-order valence-corrected chi connectivity index (χ4v) is 3.81. The summed E-state index contributed by atoms with van der Waals surface area (Å²) >= 11 is 1.08. The third-order valence-corrected chi connectivity index (χ3v) is 5.27. The topological polar surface area (TPSA) is 111 Å². The summed E-state index contributed by atoms with van der Waals surface area (Å²) in [5, 5.41) is 16.2. The summed E-state index contributed by atoms with van der Waals surface area (Å²) in [6, 6.07) is 13.1. The van der Waals surface area contributed by atoms with Crippen molar-refractivity contribution >= 4 is 44.7 Å². The van der Waals surface area contributed by atoms with Crippen molar-refractivity contribution < 1.29 is 23.3 Å². The van der Waals surface area contributed by atoms with E-state index in [1.165, 1.54) is 36.5 Å². The van der Waals surface area contributed by atoms with E-state index in [4.69, 9.17) is 9.15 Å². The minimum atomic E-state index is -0.677. The van der Waals surface area contributed by atoms with Gasteiger partial charge < -0.3 is 9.15 Å². The molecule has 9 nitrogen and oxygen atoms in total. The molecule has 4 rings (SSSR count). The molecule has 0 aliphatic heterocycles. The van der Waals surface area contributed by atoms with Crippen LogP contribution in [0.5, 0.6) is 5.75 Å². The first-order chi connectivity index (χ1) is 15.8. The van der Waals surface area contributed by atoms with Crippen LogP contribution >= 0.6 is 11.3 Å². The second kappa shape index (κ2) is 9.17. The molecule has 0 radical (unpaired) electrons. The van der Waals surface area contributed by atoms with E-state index in [1.54, 1.807) is 24.3 Å². The molecule has 2 aromatic heterocycles. The molecule has 2 heterocycles. The summed E-state index contributed by atoms with van der Waals surface area (Å²) in [6.07, 6.45) is 1.15. The van der Waals surface area contributed by atoms with Crippen molar-refractivity contribution in [2.45, 2.75) is 20.0 Å². The number of benzene rings is 2. The van der Waals surface area contributed by atoms with Crippen LogP contribution in [0.2, 0.25) is 0 Å². The van der Waals surface area contributed by atoms with Crippen LogP contribution in [0.3, 0.4) is 0 Å². The highest BCUT2D eigenvalue weighted by Gasteiger charge is 2.22. The van der Waals surface area contributed by atoms with Gasteiger partial charge >= 0.3 is 5.88 Å². The Kier molecular flexibility index (Phi) is 6.13. The number of hydrogen-bond donors (Lipinski definition) is 0. The highest BCUT2D eigenvalue weighted by Crippen LogP contribution is 2.31. The van der Waals surface area contributed by atoms with E-state index in [9.17, 15) is 19.3 Å². The van der Waals surface area contributed by atoms with Crippen molar-refractivity contribution in [3.8, 4) is 5.75 Å². The average molecular weight is 468 g/mol. The van der Waals surface area contributed by atoms with Gasteiger partial charge in [0.05, 0.1) is 28.6 Å². The number of amides is 1. The van der Waals surface area contributed by atoms with Gasteiger partial charge in [0.25, 0.3) is 5.91 Å². The zero-order chi connectivity index (χ0) is 23.5. The summed E-state index contributed by atoms with van der Waals surface area (Å²) in [6.45, 7) is 3.79. The highest BCUT2D eigenvalue weighted by atomic mass is 32.1. The Morgan fingerprint density at radius 3 is 2.67 bits per heavy atom. The number of furan rings is 1. The van der Waals surface area contributed by atoms with E-state index in [1.807, 2.05) is 13.8 Å². The number of fused-ring (bicyclic) bond motifs is 1. The van der Waals surface area contributed by atoms with Gasteiger partial charge in [-0.05, 0) is 62.4 Å². The van der Waals surface area contributed by atoms with Gasteiger partial charge in [0.2, 0.25) is 5.13 Å². The first kappa shape index (κ1) is 22.1. The van der Waals surface area contributed by atoms with Gasteiger partial charge in [0.15, 0.2) is 5.76 Å². The summed E-state index contributed by atoms with van der Waals surface area (Å²) in [5.74, 6) is -0.710. The Balaban J connectivity index is 1.70. The van der Waals surface area contributed by atoms with Crippen molar-refractivity contribution in [1.82, 2.24) is 4.98 Å². The predicted molar refractivity (Wildman–Crippen MR) is 122 cm³/mol. The van der Waals surface area contributed by atoms with Crippen LogP contribution in [-0.4, -0.2) is 28.1 Å². The Hall–Kier alpha value is -4.12. The molecule has 0 N–H and O–H groups in total. The largest absolute Gasteiger partial charge is 0.491 e. The van der Waals surface area contributed by atoms with E-state index < -0.39 is 22.5 Å². The van der Waals surface area contributed by atoms with E-state index in [0.717, 1.165) is 16.3 Å². The van der Waals surface area contributed by atoms with Crippen LogP contribution < -0.4 is 9.75 Å². The van der Waals surface area contributed by atoms with Gasteiger partial charge in [-0.15, -0.1) is 0 Å². The molecule has 0 fully saturated rings. The number of aromatic nitrogens is 1. The lowest BCUT2D eigenvalue weighted by Gasteiger charge is -2.14. The minimum Gasteiger partial charge on any atom is -0.491 e. The van der Waals surface area contributed by atoms with Crippen LogP contribution in [0.25, 0.3) is 10.2 Å². The van der Waals surface area contributed by atoms with Gasteiger partial charge in [-0.2, -0.15) is 10.1 Å². The second-order valence-electron chi connectivity index (χ2n) is 7.09. The molecule has 0 spiro atoms. The standard InChI is InChI=1S/C22H17FN4O5S/c1-13(2)31-16-6-3-14(4-7-16)21(28)26(24-12-17-8-10-20(32-17)27(29)30)22-25-18-9-5-15(23)11-19(18)33-22/h3-13H,1-2H3/b24-12+. The fraction of sp³-hybridized carbons (Fsp3) is 0.136. The number of nitro groups is 1. The number of anilines is 1. The molecule has 0 aliphatic rings. The van der Waals surface area contributed by atoms with Crippen molar-refractivity contribution in [3.05, 3.63) is 81.9 Å². The third-order valence-electron chi connectivity index (χ3n) is 4.28. The zero-order valence-corrected chi connectivity index (χ0v) is 18.3. The van der Waals surface area contributed by atoms with Crippen LogP contribution in [0.15, 0.2) is 64.1 Å². The molecule has 0 saturated carbocycles. The fourth-order valence-electron chi connectivity index (χ4n) is 2.86. The van der Waals surface area contributed by atoms with Crippen LogP contribution in [0.1, 0.15) is 30.0 Å². The maximum Gasteiger partial charge on any atom is 0.433 e. The van der Waals surface area contributed by atoms with Crippen LogP contribution in [-0.2, 0) is 0 Å². The number of carbonyl (C=O) groups excluding carboxylic acids is 1. The number of hydrazone groups is 1. The monoisotopic (exact) mass is 468 g/mol. The van der Waals surface area contributed by atoms with E-state index in [2.05, 4.69) is 10.1 Å². The maximum absolute atomic E-state index is 13.6. The predicted octanol–water partition coefficient (Wildman–Crippen LogP) is 5.40. The lowest BCUT2D eigenvalue weighted by molar-refractivity contribution is -0.402. The van der Waals surface area contributed by atoms with Crippen LogP contribution in [0, 0.1) is 15.9 Å². The molecule has 0 atom stereocenters. The molecule has 0 aliphatic carbocycles. The Bertz CT molecular complexity index is 1350. The summed E-state index contributed by atoms with van der Waals surface area (Å²) in [7, 11) is 0. The number of nitrogens with zero attached hydrogens (tertiary/aromatic N) is 4. The molecule has 1 amide bonds. The third kappa shape index (κ3) is 5.04. The van der Waals surface area contributed by atoms with Gasteiger partial charge in [0.1, 0.15) is 16.5 Å². The Labute approximate surface area is 190 Å². The Morgan fingerprint density at radius 2 is 2.00 bits per heavy atom. The normalized spacial score (nSPS) is 11.4. The van der Waals surface area contributed by atoms with Gasteiger partial charge in [-0.25, -0.2) is 9.37 Å². The van der Waals surface area contributed by atoms with E-state index in [-0.39, 0.29) is 17.0 Å². The molecule has 168 valence electrons. The number of thiazole rings is 1. The SMILES string of the molecule is CC(C)Oc1ccc(C(=O)N(/N=C/c2ccc([N+](=O)[O-])o2)c2nc3ccc(F)cc3s2)cc1. The molecule has 2 aromatic carbocycles. The summed E-state index contributed by atoms with van der Waals surface area (Å²) < 4.78 is 24.8. The maximum atomic E-state index is 13.6. The molecule has 4 aromatic rings. The second-order valence-corrected chi connectivity index (χ2v) is 8.10. The molecule has 0 saturated heterocycles. The number of hydrogen-bond acceptors (Lipinski definition) is 8. The lowest BCUT2D eigenvalue weighted by Crippen LogP contribution is -2.25. The molecule has 33 heavy (non-hydrogen) atoms. The van der Waals surface area contributed by atoms with Gasteiger partial charge in [0, 0.05) is 5.56 Å². The number of halogens is 1. The number of carbonyl (C=O) groups is 1. The van der Waals surface area contributed by atoms with Crippen LogP contribution in [0.4, 0.5) is 15.4 Å². The van der Waals surface area contributed by atoms with Crippen molar-refractivity contribution in [2.75, 3.05) is 5.01 Å². The lowest BCUT2D eigenvalue weighted by atomic mass is 10.2. The molecule has 0 unspecified atom stereocenters. The quantitative estimate of drug-likeness (QED) is 0.204. The number of ether oxygens (including phenoxy) is 1. The van der Waals surface area contributed by atoms with E-state index >= 15 is 0 Å². The first-order valence-electron chi connectivity index (χ1n) is 9.75. The zero-order valence-electron chi connectivity index (χ0n) is 17.5. The smallest absolute Gasteiger partial charge is 0.433 e. The van der Waals surface area contributed by atoms with Crippen molar-refractivity contribution in [3.63, 3.8) is 0 Å². The first-order valence-corrected chi connectivity index (χ1v) is 10.6. The molecule has 0 bridgehead atoms. The minimum absolute atomic E-state index is 0.0202. The summed E-state index contributed by atoms with van der Waals surface area (Å²) in [5.41, 5.74) is 0.804. The highest BCUT2D eigenvalue weighted by molar-refractivity contribution is 7.22. The van der Waals surface area contributed by atoms with E-state index in [0.29, 0.717) is 21.5 Å². The molecular weight excluding hydrogens is 451 g/mol. The van der Waals surface area contributed by atoms with Gasteiger partial charge in [-0.1, -0.05) is 11.3 Å². The number of rotatable bonds is 7.